The van der Waals surface area contributed by atoms with Gasteiger partial charge in [-0.05, 0) is 49.9 Å². The van der Waals surface area contributed by atoms with Gasteiger partial charge in [0.25, 0.3) is 11.7 Å². The number of nitrogens with zero attached hydrogens (tertiary/aromatic N) is 4. The number of amides is 1. The van der Waals surface area contributed by atoms with Crippen molar-refractivity contribution in [3.8, 4) is 11.5 Å². The lowest BCUT2D eigenvalue weighted by Crippen LogP contribution is -2.30. The number of hydrogen-bond donors (Lipinski definition) is 1. The summed E-state index contributed by atoms with van der Waals surface area (Å²) in [5.74, 6) is 1.01. The number of benzene rings is 1. The topological polar surface area (TPSA) is 117 Å². The summed E-state index contributed by atoms with van der Waals surface area (Å²) in [4.78, 5) is 32.6. The van der Waals surface area contributed by atoms with Crippen molar-refractivity contribution in [2.45, 2.75) is 33.1 Å². The molecule has 2 aromatic heterocycles. The predicted octanol–water partition coefficient (Wildman–Crippen LogP) is 1.59. The normalized spacial score (nSPS) is 10.8. The van der Waals surface area contributed by atoms with Crippen LogP contribution < -0.4 is 14.8 Å². The van der Waals surface area contributed by atoms with E-state index in [-0.39, 0.29) is 18.9 Å². The maximum Gasteiger partial charge on any atom is 0.306 e. The van der Waals surface area contributed by atoms with Crippen LogP contribution in [-0.4, -0.2) is 58.8 Å². The fourth-order valence-electron chi connectivity index (χ4n) is 3.40. The van der Waals surface area contributed by atoms with Crippen molar-refractivity contribution in [1.29, 1.82) is 0 Å². The lowest BCUT2D eigenvalue weighted by Gasteiger charge is -2.11. The Balaban J connectivity index is 1.41. The molecular weight excluding hydrogens is 414 g/mol. The van der Waals surface area contributed by atoms with Gasteiger partial charge in [0, 0.05) is 24.4 Å². The molecule has 0 unspecified atom stereocenters. The van der Waals surface area contributed by atoms with Gasteiger partial charge < -0.3 is 19.5 Å². The monoisotopic (exact) mass is 441 g/mol. The van der Waals surface area contributed by atoms with E-state index in [9.17, 15) is 9.59 Å². The van der Waals surface area contributed by atoms with Crippen LogP contribution in [0.1, 0.15) is 28.9 Å². The standard InChI is InChI=1S/C22H27N5O5/c1-14-17(15(2)27-22(26-14)24-13-25-27)6-8-21(29)32-12-20(28)23-10-9-16-5-7-18(30-3)19(11-16)31-4/h5,7,11,13H,6,8-10,12H2,1-4H3,(H,23,28). The van der Waals surface area contributed by atoms with Crippen LogP contribution in [0.15, 0.2) is 24.5 Å². The van der Waals surface area contributed by atoms with Crippen LogP contribution in [-0.2, 0) is 27.2 Å². The molecule has 170 valence electrons. The van der Waals surface area contributed by atoms with Gasteiger partial charge in [0.2, 0.25) is 0 Å². The van der Waals surface area contributed by atoms with Gasteiger partial charge in [-0.3, -0.25) is 9.59 Å². The van der Waals surface area contributed by atoms with Crippen LogP contribution in [0.25, 0.3) is 5.78 Å². The number of nitrogens with one attached hydrogen (secondary N) is 1. The molecule has 3 rings (SSSR count). The molecule has 0 atom stereocenters. The van der Waals surface area contributed by atoms with E-state index in [0.717, 1.165) is 22.5 Å². The van der Waals surface area contributed by atoms with E-state index < -0.39 is 5.97 Å². The van der Waals surface area contributed by atoms with Gasteiger partial charge in [0.15, 0.2) is 18.1 Å². The van der Waals surface area contributed by atoms with Crippen molar-refractivity contribution < 1.29 is 23.8 Å². The number of hydrogen-bond acceptors (Lipinski definition) is 8. The number of aromatic nitrogens is 4. The van der Waals surface area contributed by atoms with E-state index in [0.29, 0.717) is 36.7 Å². The molecule has 10 heteroatoms. The Morgan fingerprint density at radius 1 is 1.09 bits per heavy atom. The van der Waals surface area contributed by atoms with E-state index in [2.05, 4.69) is 20.4 Å². The highest BCUT2D eigenvalue weighted by molar-refractivity contribution is 5.80. The summed E-state index contributed by atoms with van der Waals surface area (Å²) in [7, 11) is 3.15. The molecule has 1 N–H and O–H groups in total. The first-order valence-corrected chi connectivity index (χ1v) is 10.2. The Kier molecular flexibility index (Phi) is 7.58. The molecule has 0 aliphatic heterocycles. The molecule has 0 aliphatic carbocycles. The quantitative estimate of drug-likeness (QED) is 0.472. The third-order valence-corrected chi connectivity index (χ3v) is 5.12. The Morgan fingerprint density at radius 2 is 1.88 bits per heavy atom. The maximum atomic E-state index is 12.1. The fourth-order valence-corrected chi connectivity index (χ4v) is 3.40. The molecular formula is C22H27N5O5. The van der Waals surface area contributed by atoms with E-state index in [4.69, 9.17) is 14.2 Å². The van der Waals surface area contributed by atoms with E-state index in [1.54, 1.807) is 18.7 Å². The summed E-state index contributed by atoms with van der Waals surface area (Å²) >= 11 is 0. The maximum absolute atomic E-state index is 12.1. The molecule has 32 heavy (non-hydrogen) atoms. The summed E-state index contributed by atoms with van der Waals surface area (Å²) in [6.45, 7) is 3.87. The molecule has 0 spiro atoms. The predicted molar refractivity (Wildman–Crippen MR) is 116 cm³/mol. The molecule has 0 saturated carbocycles. The molecule has 0 aliphatic rings. The lowest BCUT2D eigenvalue weighted by atomic mass is 10.1. The zero-order valence-electron chi connectivity index (χ0n) is 18.7. The Morgan fingerprint density at radius 3 is 2.62 bits per heavy atom. The first-order chi connectivity index (χ1) is 15.4. The number of carbonyl (C=O) groups excluding carboxylic acids is 2. The minimum atomic E-state index is -0.447. The minimum absolute atomic E-state index is 0.141. The number of rotatable bonds is 10. The van der Waals surface area contributed by atoms with Crippen LogP contribution >= 0.6 is 0 Å². The van der Waals surface area contributed by atoms with Crippen molar-refractivity contribution >= 4 is 17.7 Å². The van der Waals surface area contributed by atoms with Crippen LogP contribution in [0.5, 0.6) is 11.5 Å². The number of ether oxygens (including phenoxy) is 3. The van der Waals surface area contributed by atoms with E-state index in [1.807, 2.05) is 32.0 Å². The Bertz CT molecular complexity index is 1110. The Hall–Kier alpha value is -3.69. The van der Waals surface area contributed by atoms with Gasteiger partial charge in [-0.2, -0.15) is 10.1 Å². The average Bonchev–Trinajstić information content (AvgIpc) is 3.26. The number of carbonyl (C=O) groups is 2. The lowest BCUT2D eigenvalue weighted by molar-refractivity contribution is -0.148. The molecule has 2 heterocycles. The van der Waals surface area contributed by atoms with Crippen LogP contribution in [0.2, 0.25) is 0 Å². The fraction of sp³-hybridized carbons (Fsp3) is 0.409. The second-order valence-electron chi connectivity index (χ2n) is 7.18. The number of aryl methyl sites for hydroxylation is 2. The molecule has 1 amide bonds. The molecule has 1 aromatic carbocycles. The smallest absolute Gasteiger partial charge is 0.306 e. The summed E-state index contributed by atoms with van der Waals surface area (Å²) in [6, 6.07) is 5.58. The minimum Gasteiger partial charge on any atom is -0.493 e. The van der Waals surface area contributed by atoms with Crippen molar-refractivity contribution in [2.24, 2.45) is 0 Å². The zero-order valence-corrected chi connectivity index (χ0v) is 18.7. The largest absolute Gasteiger partial charge is 0.493 e. The third kappa shape index (κ3) is 5.51. The van der Waals surface area contributed by atoms with Crippen molar-refractivity contribution in [3.63, 3.8) is 0 Å². The van der Waals surface area contributed by atoms with Gasteiger partial charge in [-0.25, -0.2) is 9.50 Å². The van der Waals surface area contributed by atoms with Crippen molar-refractivity contribution in [2.75, 3.05) is 27.4 Å². The zero-order chi connectivity index (χ0) is 23.1. The molecule has 3 aromatic rings. The highest BCUT2D eigenvalue weighted by Crippen LogP contribution is 2.27. The Labute approximate surface area is 185 Å². The van der Waals surface area contributed by atoms with Gasteiger partial charge in [-0.15, -0.1) is 0 Å². The van der Waals surface area contributed by atoms with Crippen molar-refractivity contribution in [1.82, 2.24) is 24.9 Å². The first kappa shape index (κ1) is 23.0. The van der Waals surface area contributed by atoms with Gasteiger partial charge in [0.1, 0.15) is 6.33 Å². The van der Waals surface area contributed by atoms with Crippen LogP contribution in [0.3, 0.4) is 0 Å². The summed E-state index contributed by atoms with van der Waals surface area (Å²) in [5, 5.41) is 6.88. The summed E-state index contributed by atoms with van der Waals surface area (Å²) in [6.07, 6.45) is 2.63. The van der Waals surface area contributed by atoms with Crippen molar-refractivity contribution in [3.05, 3.63) is 47.0 Å². The number of methoxy groups -OCH3 is 2. The molecule has 0 bridgehead atoms. The van der Waals surface area contributed by atoms with E-state index >= 15 is 0 Å². The van der Waals surface area contributed by atoms with Gasteiger partial charge in [0.05, 0.1) is 14.2 Å². The number of fused-ring (bicyclic) bond motifs is 1. The second-order valence-corrected chi connectivity index (χ2v) is 7.18. The average molecular weight is 441 g/mol. The highest BCUT2D eigenvalue weighted by Gasteiger charge is 2.14. The second kappa shape index (κ2) is 10.6. The molecule has 0 radical (unpaired) electrons. The molecule has 0 fully saturated rings. The summed E-state index contributed by atoms with van der Waals surface area (Å²) in [5.41, 5.74) is 3.58. The summed E-state index contributed by atoms with van der Waals surface area (Å²) < 4.78 is 17.2. The van der Waals surface area contributed by atoms with Gasteiger partial charge in [-0.1, -0.05) is 6.07 Å². The van der Waals surface area contributed by atoms with Crippen LogP contribution in [0.4, 0.5) is 0 Å². The van der Waals surface area contributed by atoms with E-state index in [1.165, 1.54) is 6.33 Å². The highest BCUT2D eigenvalue weighted by atomic mass is 16.5. The van der Waals surface area contributed by atoms with Crippen LogP contribution in [0, 0.1) is 13.8 Å². The number of esters is 1. The molecule has 10 nitrogen and oxygen atoms in total. The van der Waals surface area contributed by atoms with Gasteiger partial charge >= 0.3 is 5.97 Å². The molecule has 0 saturated heterocycles. The first-order valence-electron chi connectivity index (χ1n) is 10.2. The third-order valence-electron chi connectivity index (χ3n) is 5.12. The SMILES string of the molecule is COc1ccc(CCNC(=O)COC(=O)CCc2c(C)nc3ncnn3c2C)cc1OC.